The third-order valence-electron chi connectivity index (χ3n) is 7.41. The third kappa shape index (κ3) is 3.70. The molecule has 0 aromatic heterocycles. The maximum absolute atomic E-state index is 14.1. The lowest BCUT2D eigenvalue weighted by molar-refractivity contribution is -0.155. The van der Waals surface area contributed by atoms with Gasteiger partial charge in [0.15, 0.2) is 0 Å². The Bertz CT molecular complexity index is 776. The minimum atomic E-state index is -1.23. The second kappa shape index (κ2) is 9.43. The summed E-state index contributed by atoms with van der Waals surface area (Å²) < 4.78 is 6.30. The minimum Gasteiger partial charge on any atom is -0.481 e. The Balaban J connectivity index is 2.14. The predicted molar refractivity (Wildman–Crippen MR) is 122 cm³/mol. The maximum atomic E-state index is 14.1. The summed E-state index contributed by atoms with van der Waals surface area (Å²) in [4.78, 5) is 42.9. The second-order valence-corrected chi connectivity index (χ2v) is 10.8. The number of ether oxygens (including phenoxy) is 1. The molecular weight excluding hydrogens is 480 g/mol. The number of hydrogen-bond donors (Lipinski definition) is 2. The highest BCUT2D eigenvalue weighted by molar-refractivity contribution is 9.09. The van der Waals surface area contributed by atoms with Gasteiger partial charge in [0.2, 0.25) is 11.8 Å². The van der Waals surface area contributed by atoms with E-state index in [4.69, 9.17) is 4.74 Å². The van der Waals surface area contributed by atoms with Crippen molar-refractivity contribution in [2.75, 3.05) is 13.2 Å². The molecule has 0 saturated carbocycles. The Kier molecular flexibility index (Phi) is 7.42. The molecule has 3 heterocycles. The van der Waals surface area contributed by atoms with Crippen LogP contribution in [-0.4, -0.2) is 85.6 Å². The average Bonchev–Trinajstić information content (AvgIpc) is 3.30. The number of aliphatic hydroxyl groups is 1. The molecule has 1 spiro atoms. The molecule has 0 radical (unpaired) electrons. The van der Waals surface area contributed by atoms with E-state index < -0.39 is 47.5 Å². The topological polar surface area (TPSA) is 107 Å². The van der Waals surface area contributed by atoms with Crippen LogP contribution in [0.1, 0.15) is 47.0 Å². The third-order valence-corrected chi connectivity index (χ3v) is 8.25. The van der Waals surface area contributed by atoms with Crippen LogP contribution in [0.2, 0.25) is 0 Å². The van der Waals surface area contributed by atoms with Crippen molar-refractivity contribution in [2.24, 2.45) is 17.8 Å². The van der Waals surface area contributed by atoms with Crippen molar-refractivity contribution in [1.82, 2.24) is 9.80 Å². The summed E-state index contributed by atoms with van der Waals surface area (Å²) >= 11 is 3.55. The van der Waals surface area contributed by atoms with E-state index in [-0.39, 0.29) is 29.3 Å². The lowest BCUT2D eigenvalue weighted by atomic mass is 9.70. The fourth-order valence-corrected chi connectivity index (χ4v) is 6.91. The first-order chi connectivity index (χ1) is 15.1. The highest BCUT2D eigenvalue weighted by Gasteiger charge is 2.77. The molecule has 3 rings (SSSR count). The van der Waals surface area contributed by atoms with Crippen LogP contribution in [-0.2, 0) is 19.1 Å². The molecule has 9 heteroatoms. The van der Waals surface area contributed by atoms with Gasteiger partial charge >= 0.3 is 5.97 Å². The SMILES string of the molecule is C=CCN(C(=O)[C@H]1N([C@@H](CO)C(C)C)C(=O)[C@@H]2[C@@H](C(=O)O)[C@@H]3O[C@@]21CC3Br)C(C)CCC. The van der Waals surface area contributed by atoms with Crippen LogP contribution in [0.15, 0.2) is 12.7 Å². The van der Waals surface area contributed by atoms with Crippen molar-refractivity contribution in [3.63, 3.8) is 0 Å². The van der Waals surface area contributed by atoms with Crippen LogP contribution in [0, 0.1) is 17.8 Å². The minimum absolute atomic E-state index is 0.0850. The van der Waals surface area contributed by atoms with Gasteiger partial charge in [-0.2, -0.15) is 0 Å². The quantitative estimate of drug-likeness (QED) is 0.341. The van der Waals surface area contributed by atoms with E-state index in [1.165, 1.54) is 4.90 Å². The van der Waals surface area contributed by atoms with Crippen molar-refractivity contribution in [3.05, 3.63) is 12.7 Å². The van der Waals surface area contributed by atoms with Crippen LogP contribution in [0.5, 0.6) is 0 Å². The van der Waals surface area contributed by atoms with Gasteiger partial charge in [0.25, 0.3) is 0 Å². The molecule has 32 heavy (non-hydrogen) atoms. The largest absolute Gasteiger partial charge is 0.481 e. The van der Waals surface area contributed by atoms with Crippen molar-refractivity contribution in [2.45, 2.75) is 81.6 Å². The summed E-state index contributed by atoms with van der Waals surface area (Å²) in [7, 11) is 0. The van der Waals surface area contributed by atoms with Crippen LogP contribution in [0.4, 0.5) is 0 Å². The zero-order valence-electron chi connectivity index (χ0n) is 19.2. The van der Waals surface area contributed by atoms with Gasteiger partial charge in [-0.1, -0.05) is 49.2 Å². The number of rotatable bonds is 10. The lowest BCUT2D eigenvalue weighted by Gasteiger charge is -2.41. The molecule has 3 aliphatic heterocycles. The van der Waals surface area contributed by atoms with E-state index in [1.54, 1.807) is 11.0 Å². The normalized spacial score (nSPS) is 35.2. The number of aliphatic carboxylic acids is 1. The van der Waals surface area contributed by atoms with Gasteiger partial charge in [-0.25, -0.2) is 0 Å². The highest BCUT2D eigenvalue weighted by atomic mass is 79.9. The number of carbonyl (C=O) groups is 3. The molecule has 0 aromatic carbocycles. The standard InChI is InChI=1S/C23H35BrN2O6/c1-6-8-13(5)25(9-7-2)21(29)19-23-10-14(24)18(32-23)16(22(30)31)17(23)20(28)26(19)15(11-27)12(3)4/h7,12-19,27H,2,6,8-11H2,1,3-5H3,(H,30,31)/t13?,14?,15-,16+,17-,18+,19+,23-/m0/s1. The Morgan fingerprint density at radius 3 is 2.56 bits per heavy atom. The first kappa shape index (κ1) is 25.2. The first-order valence-corrected chi connectivity index (χ1v) is 12.4. The molecule has 2 bridgehead atoms. The monoisotopic (exact) mass is 514 g/mol. The van der Waals surface area contributed by atoms with Crippen molar-refractivity contribution in [3.8, 4) is 0 Å². The molecule has 3 saturated heterocycles. The molecule has 2 unspecified atom stereocenters. The molecule has 8 nitrogen and oxygen atoms in total. The van der Waals surface area contributed by atoms with Gasteiger partial charge in [0.05, 0.1) is 30.6 Å². The molecule has 0 aromatic rings. The number of likely N-dealkylation sites (tertiary alicyclic amines) is 1. The van der Waals surface area contributed by atoms with Crippen LogP contribution in [0.3, 0.4) is 0 Å². The molecule has 180 valence electrons. The Labute approximate surface area is 198 Å². The molecular formula is C23H35BrN2O6. The molecule has 2 amide bonds. The van der Waals surface area contributed by atoms with Gasteiger partial charge in [-0.05, 0) is 25.7 Å². The first-order valence-electron chi connectivity index (χ1n) is 11.5. The number of fused-ring (bicyclic) bond motifs is 1. The summed E-state index contributed by atoms with van der Waals surface area (Å²) in [6.45, 7) is 11.6. The van der Waals surface area contributed by atoms with Crippen molar-refractivity contribution >= 4 is 33.7 Å². The highest BCUT2D eigenvalue weighted by Crippen LogP contribution is 2.60. The van der Waals surface area contributed by atoms with E-state index in [2.05, 4.69) is 22.5 Å². The number of amides is 2. The molecule has 0 aliphatic carbocycles. The van der Waals surface area contributed by atoms with E-state index in [0.717, 1.165) is 12.8 Å². The van der Waals surface area contributed by atoms with Crippen molar-refractivity contribution < 1.29 is 29.3 Å². The van der Waals surface area contributed by atoms with E-state index >= 15 is 0 Å². The van der Waals surface area contributed by atoms with E-state index in [9.17, 15) is 24.6 Å². The number of alkyl halides is 1. The van der Waals surface area contributed by atoms with Gasteiger partial charge in [0.1, 0.15) is 11.6 Å². The van der Waals surface area contributed by atoms with Crippen molar-refractivity contribution in [1.29, 1.82) is 0 Å². The summed E-state index contributed by atoms with van der Waals surface area (Å²) in [6.07, 6.45) is 3.02. The zero-order chi connectivity index (χ0) is 24.0. The predicted octanol–water partition coefficient (Wildman–Crippen LogP) is 2.04. The Hall–Kier alpha value is -1.45. The average molecular weight is 515 g/mol. The van der Waals surface area contributed by atoms with Crippen LogP contribution >= 0.6 is 15.9 Å². The van der Waals surface area contributed by atoms with Crippen LogP contribution < -0.4 is 0 Å². The summed E-state index contributed by atoms with van der Waals surface area (Å²) in [5.74, 6) is -3.89. The van der Waals surface area contributed by atoms with Gasteiger partial charge in [-0.3, -0.25) is 14.4 Å². The molecule has 3 aliphatic rings. The molecule has 8 atom stereocenters. The number of halogens is 1. The molecule has 3 fully saturated rings. The zero-order valence-corrected chi connectivity index (χ0v) is 20.8. The number of carboxylic acids is 1. The van der Waals surface area contributed by atoms with Gasteiger partial charge in [-0.15, -0.1) is 6.58 Å². The lowest BCUT2D eigenvalue weighted by Crippen LogP contribution is -2.60. The van der Waals surface area contributed by atoms with Gasteiger partial charge in [0, 0.05) is 17.4 Å². The smallest absolute Gasteiger partial charge is 0.310 e. The number of carbonyl (C=O) groups excluding carboxylic acids is 2. The molecule has 2 N–H and O–H groups in total. The van der Waals surface area contributed by atoms with E-state index in [1.807, 2.05) is 27.7 Å². The van der Waals surface area contributed by atoms with E-state index in [0.29, 0.717) is 13.0 Å². The fourth-order valence-electron chi connectivity index (χ4n) is 5.96. The van der Waals surface area contributed by atoms with Crippen LogP contribution in [0.25, 0.3) is 0 Å². The fraction of sp³-hybridized carbons (Fsp3) is 0.783. The Morgan fingerprint density at radius 2 is 2.06 bits per heavy atom. The number of aliphatic hydroxyl groups excluding tert-OH is 1. The summed E-state index contributed by atoms with van der Waals surface area (Å²) in [5, 5.41) is 20.1. The second-order valence-electron chi connectivity index (χ2n) is 9.66. The van der Waals surface area contributed by atoms with Gasteiger partial charge < -0.3 is 24.7 Å². The number of nitrogens with zero attached hydrogens (tertiary/aromatic N) is 2. The maximum Gasteiger partial charge on any atom is 0.310 e. The summed E-state index contributed by atoms with van der Waals surface area (Å²) in [6, 6.07) is -1.69. The Morgan fingerprint density at radius 1 is 1.41 bits per heavy atom. The summed E-state index contributed by atoms with van der Waals surface area (Å²) in [5.41, 5.74) is -1.23. The number of hydrogen-bond acceptors (Lipinski definition) is 5. The number of carboxylic acid groups (broad SMARTS) is 1.